The highest BCUT2D eigenvalue weighted by Crippen LogP contribution is 2.19. The summed E-state index contributed by atoms with van der Waals surface area (Å²) in [5.74, 6) is 0.119. The molecule has 0 aliphatic carbocycles. The average Bonchev–Trinajstić information content (AvgIpc) is 2.72. The Bertz CT molecular complexity index is 929. The third kappa shape index (κ3) is 9.30. The molecule has 0 saturated heterocycles. The second kappa shape index (κ2) is 12.0. The van der Waals surface area contributed by atoms with E-state index in [1.165, 1.54) is 18.2 Å². The first-order valence-corrected chi connectivity index (χ1v) is 10.9. The van der Waals surface area contributed by atoms with Gasteiger partial charge in [0.2, 0.25) is 0 Å². The molecule has 33 heavy (non-hydrogen) atoms. The van der Waals surface area contributed by atoms with Crippen LogP contribution in [0, 0.1) is 5.82 Å². The van der Waals surface area contributed by atoms with E-state index in [0.717, 1.165) is 19.3 Å². The van der Waals surface area contributed by atoms with Crippen LogP contribution in [-0.2, 0) is 4.74 Å². The fraction of sp³-hybridized carbons (Fsp3) is 0.478. The number of hydrogen-bond donors (Lipinski definition) is 3. The quantitative estimate of drug-likeness (QED) is 0.459. The summed E-state index contributed by atoms with van der Waals surface area (Å²) in [6.45, 7) is 6.50. The fourth-order valence-corrected chi connectivity index (χ4v) is 2.83. The molecule has 2 aromatic rings. The minimum atomic E-state index is -0.523. The number of unbranched alkanes of at least 4 members (excludes halogenated alkanes) is 2. The van der Waals surface area contributed by atoms with E-state index in [2.05, 4.69) is 26.1 Å². The first-order chi connectivity index (χ1) is 15.5. The number of carbonyl (C=O) groups is 2. The van der Waals surface area contributed by atoms with E-state index < -0.39 is 23.4 Å². The van der Waals surface area contributed by atoms with E-state index in [4.69, 9.17) is 4.74 Å². The van der Waals surface area contributed by atoms with Crippen LogP contribution in [0.5, 0.6) is 0 Å². The lowest BCUT2D eigenvalue weighted by atomic mass is 10.1. The summed E-state index contributed by atoms with van der Waals surface area (Å²) in [5.41, 5.74) is 0.185. The van der Waals surface area contributed by atoms with Gasteiger partial charge in [0.15, 0.2) is 11.6 Å². The van der Waals surface area contributed by atoms with Crippen LogP contribution in [0.3, 0.4) is 0 Å². The smallest absolute Gasteiger partial charge is 0.407 e. The number of nitrogens with zero attached hydrogens (tertiary/aromatic N) is 3. The largest absolute Gasteiger partial charge is 0.444 e. The van der Waals surface area contributed by atoms with Crippen molar-refractivity contribution in [3.8, 4) is 0 Å². The summed E-state index contributed by atoms with van der Waals surface area (Å²) in [6.07, 6.45) is 1.97. The summed E-state index contributed by atoms with van der Waals surface area (Å²) >= 11 is 0. The van der Waals surface area contributed by atoms with Crippen molar-refractivity contribution in [1.82, 2.24) is 15.5 Å². The maximum Gasteiger partial charge on any atom is 0.407 e. The number of aromatic nitrogens is 2. The van der Waals surface area contributed by atoms with Gasteiger partial charge in [0.05, 0.1) is 5.56 Å². The van der Waals surface area contributed by atoms with E-state index in [-0.39, 0.29) is 0 Å². The number of nitrogens with one attached hydrogen (secondary N) is 3. The number of rotatable bonds is 10. The van der Waals surface area contributed by atoms with E-state index in [9.17, 15) is 14.0 Å². The predicted octanol–water partition coefficient (Wildman–Crippen LogP) is 4.04. The molecule has 1 heterocycles. The number of benzene rings is 1. The molecular formula is C23H33FN6O3. The van der Waals surface area contributed by atoms with Crippen LogP contribution in [0.15, 0.2) is 30.3 Å². The monoisotopic (exact) mass is 460 g/mol. The third-order valence-corrected chi connectivity index (χ3v) is 4.41. The summed E-state index contributed by atoms with van der Waals surface area (Å²) in [6, 6.07) is 7.36. The molecule has 0 saturated carbocycles. The van der Waals surface area contributed by atoms with E-state index in [1.54, 1.807) is 17.0 Å². The van der Waals surface area contributed by atoms with Crippen LogP contribution < -0.4 is 20.9 Å². The van der Waals surface area contributed by atoms with Gasteiger partial charge in [-0.3, -0.25) is 4.79 Å². The molecule has 9 nitrogen and oxygen atoms in total. The molecule has 0 radical (unpaired) electrons. The van der Waals surface area contributed by atoms with Crippen LogP contribution in [0.4, 0.5) is 26.5 Å². The number of hydrogen-bond acceptors (Lipinski definition) is 7. The van der Waals surface area contributed by atoms with Gasteiger partial charge in [0.1, 0.15) is 11.4 Å². The summed E-state index contributed by atoms with van der Waals surface area (Å²) < 4.78 is 19.0. The normalized spacial score (nSPS) is 11.0. The Hall–Kier alpha value is -3.43. The van der Waals surface area contributed by atoms with Crippen LogP contribution in [0.2, 0.25) is 0 Å². The Balaban J connectivity index is 1.82. The lowest BCUT2D eigenvalue weighted by molar-refractivity contribution is 0.0527. The van der Waals surface area contributed by atoms with Gasteiger partial charge in [-0.1, -0.05) is 0 Å². The molecule has 0 bridgehead atoms. The lowest BCUT2D eigenvalue weighted by Crippen LogP contribution is -2.33. The van der Waals surface area contributed by atoms with Gasteiger partial charge in [0.25, 0.3) is 5.91 Å². The minimum Gasteiger partial charge on any atom is -0.444 e. The molecule has 0 fully saturated rings. The lowest BCUT2D eigenvalue weighted by Gasteiger charge is -2.19. The van der Waals surface area contributed by atoms with Crippen molar-refractivity contribution < 1.29 is 18.7 Å². The average molecular weight is 461 g/mol. The highest BCUT2D eigenvalue weighted by Gasteiger charge is 2.16. The maximum atomic E-state index is 13.8. The van der Waals surface area contributed by atoms with Crippen molar-refractivity contribution in [3.63, 3.8) is 0 Å². The Kier molecular flexibility index (Phi) is 9.38. The predicted molar refractivity (Wildman–Crippen MR) is 127 cm³/mol. The molecule has 2 amide bonds. The third-order valence-electron chi connectivity index (χ3n) is 4.41. The maximum absolute atomic E-state index is 13.8. The SMILES string of the molecule is CN(C)c1ccc(NC(=O)c2ccc(F)cc2NCCCCCNC(=O)OC(C)(C)C)nn1. The van der Waals surface area contributed by atoms with Gasteiger partial charge in [0, 0.05) is 32.9 Å². The molecule has 0 unspecified atom stereocenters. The zero-order valence-corrected chi connectivity index (χ0v) is 19.9. The zero-order valence-electron chi connectivity index (χ0n) is 19.9. The zero-order chi connectivity index (χ0) is 24.4. The van der Waals surface area contributed by atoms with Crippen molar-refractivity contribution in [2.75, 3.05) is 42.7 Å². The molecule has 0 aliphatic rings. The van der Waals surface area contributed by atoms with Crippen molar-refractivity contribution in [1.29, 1.82) is 0 Å². The fourth-order valence-electron chi connectivity index (χ4n) is 2.83. The summed E-state index contributed by atoms with van der Waals surface area (Å²) in [7, 11) is 3.69. The Morgan fingerprint density at radius 3 is 2.39 bits per heavy atom. The standard InChI is InChI=1S/C23H33FN6O3/c1-23(2,3)33-22(32)26-14-8-6-7-13-25-18-15-16(24)9-10-17(18)21(31)27-19-11-12-20(29-28-19)30(4)5/h9-12,15,25H,6-8,13-14H2,1-5H3,(H,26,32)(H,27,28,31). The second-order valence-electron chi connectivity index (χ2n) is 8.73. The van der Waals surface area contributed by atoms with Crippen molar-refractivity contribution in [3.05, 3.63) is 41.7 Å². The minimum absolute atomic E-state index is 0.304. The van der Waals surface area contributed by atoms with Gasteiger partial charge in [-0.05, 0) is 70.4 Å². The van der Waals surface area contributed by atoms with Gasteiger partial charge in [-0.15, -0.1) is 10.2 Å². The summed E-state index contributed by atoms with van der Waals surface area (Å²) in [5, 5.41) is 16.5. The first kappa shape index (κ1) is 25.8. The van der Waals surface area contributed by atoms with E-state index in [1.807, 2.05) is 34.9 Å². The molecule has 0 spiro atoms. The number of amides is 2. The van der Waals surface area contributed by atoms with Crippen LogP contribution in [0.1, 0.15) is 50.4 Å². The van der Waals surface area contributed by atoms with Crippen LogP contribution in [-0.4, -0.2) is 55.0 Å². The number of ether oxygens (including phenoxy) is 1. The molecule has 2 rings (SSSR count). The molecule has 10 heteroatoms. The van der Waals surface area contributed by atoms with Crippen molar-refractivity contribution >= 4 is 29.3 Å². The number of carbonyl (C=O) groups excluding carboxylic acids is 2. The Morgan fingerprint density at radius 2 is 1.76 bits per heavy atom. The molecule has 180 valence electrons. The van der Waals surface area contributed by atoms with Crippen LogP contribution in [0.25, 0.3) is 0 Å². The highest BCUT2D eigenvalue weighted by atomic mass is 19.1. The van der Waals surface area contributed by atoms with Crippen molar-refractivity contribution in [2.24, 2.45) is 0 Å². The number of halogens is 1. The molecule has 3 N–H and O–H groups in total. The van der Waals surface area contributed by atoms with Crippen LogP contribution >= 0.6 is 0 Å². The van der Waals surface area contributed by atoms with E-state index in [0.29, 0.717) is 36.0 Å². The van der Waals surface area contributed by atoms with E-state index >= 15 is 0 Å². The summed E-state index contributed by atoms with van der Waals surface area (Å²) in [4.78, 5) is 26.1. The highest BCUT2D eigenvalue weighted by molar-refractivity contribution is 6.07. The number of alkyl carbamates (subject to hydrolysis) is 1. The topological polar surface area (TPSA) is 108 Å². The molecule has 0 atom stereocenters. The Morgan fingerprint density at radius 1 is 1.03 bits per heavy atom. The van der Waals surface area contributed by atoms with Crippen molar-refractivity contribution in [2.45, 2.75) is 45.6 Å². The molecule has 1 aromatic heterocycles. The first-order valence-electron chi connectivity index (χ1n) is 10.9. The van der Waals surface area contributed by atoms with Gasteiger partial charge < -0.3 is 25.6 Å². The molecule has 0 aliphatic heterocycles. The number of anilines is 3. The van der Waals surface area contributed by atoms with Gasteiger partial charge in [-0.2, -0.15) is 0 Å². The second-order valence-corrected chi connectivity index (χ2v) is 8.73. The molecule has 1 aromatic carbocycles. The van der Waals surface area contributed by atoms with Gasteiger partial charge in [-0.25, -0.2) is 9.18 Å². The van der Waals surface area contributed by atoms with Gasteiger partial charge >= 0.3 is 6.09 Å². The molecular weight excluding hydrogens is 427 g/mol. The Labute approximate surface area is 194 Å².